The molecular formula is C8H13NOW5Y-2. The predicted octanol–water partition coefficient (Wildman–Crippen LogP) is 0.683. The second-order valence-electron chi connectivity index (χ2n) is 3.12. The van der Waals surface area contributed by atoms with Crippen molar-refractivity contribution in [1.82, 2.24) is 4.90 Å². The maximum Gasteiger partial charge on any atom is 0 e. The molecule has 0 heterocycles. The molecule has 8 heteroatoms. The van der Waals surface area contributed by atoms with Crippen LogP contribution < -0.4 is 0 Å². The van der Waals surface area contributed by atoms with E-state index in [1.165, 1.54) is 19.4 Å². The van der Waals surface area contributed by atoms with Gasteiger partial charge in [-0.15, -0.1) is 0 Å². The van der Waals surface area contributed by atoms with Gasteiger partial charge in [-0.05, 0) is 0 Å². The number of hydrogen-bond acceptors (Lipinski definition) is 1. The molecule has 2 nitrogen and oxygen atoms in total. The van der Waals surface area contributed by atoms with Gasteiger partial charge in [0.15, 0.2) is 0 Å². The normalized spacial score (nSPS) is 7.00. The van der Waals surface area contributed by atoms with Crippen molar-refractivity contribution >= 4 is 15.3 Å². The third-order valence-electron chi connectivity index (χ3n) is 1.08. The van der Waals surface area contributed by atoms with E-state index in [0.717, 1.165) is 23.4 Å². The van der Waals surface area contributed by atoms with E-state index in [2.05, 4.69) is 4.90 Å². The molecule has 0 aliphatic heterocycles. The van der Waals surface area contributed by atoms with Crippen molar-refractivity contribution in [2.24, 2.45) is 0 Å². The summed E-state index contributed by atoms with van der Waals surface area (Å²) in [5.41, 5.74) is -0.117. The predicted molar refractivity (Wildman–Crippen MR) is 44.0 cm³/mol. The molecule has 16 heavy (non-hydrogen) atoms. The van der Waals surface area contributed by atoms with Gasteiger partial charge in [0, 0.05) is 95.9 Å². The zero-order valence-electron chi connectivity index (χ0n) is 9.55. The summed E-state index contributed by atoms with van der Waals surface area (Å²) in [6.45, 7) is 7.91. The average molecular weight is 1150 g/mol. The summed E-state index contributed by atoms with van der Waals surface area (Å²) in [5.74, 6) is 0. The van der Waals surface area contributed by atoms with Crippen molar-refractivity contribution in [1.29, 1.82) is 0 Å². The van der Waals surface area contributed by atoms with E-state index >= 15 is 0 Å². The molecule has 0 N–H and O–H groups in total. The third-order valence-corrected chi connectivity index (χ3v) is 1.73. The SMILES string of the molecule is C[C](=[W])N([C-]=O)C(C)(C)C.[CH-]=[W].[W].[W].[W].[Y]. The number of amides is 1. The Balaban J connectivity index is -0.0000000393. The van der Waals surface area contributed by atoms with Crippen molar-refractivity contribution < 1.29 is 139 Å². The molecule has 0 unspecified atom stereocenters. The Kier molecular flexibility index (Phi) is 48.3. The van der Waals surface area contributed by atoms with Crippen molar-refractivity contribution in [2.75, 3.05) is 0 Å². The van der Waals surface area contributed by atoms with E-state index in [4.69, 9.17) is 0 Å². The number of hydrogen-bond donors (Lipinski definition) is 0. The Hall–Kier alpha value is 3.76. The van der Waals surface area contributed by atoms with E-state index < -0.39 is 0 Å². The van der Waals surface area contributed by atoms with Crippen LogP contribution in [0.1, 0.15) is 27.7 Å². The molecular weight excluding hydrogens is 1130 g/mol. The molecule has 0 aliphatic rings. The summed E-state index contributed by atoms with van der Waals surface area (Å²) >= 11 is 2.40. The monoisotopic (exact) mass is 1150 g/mol. The first kappa shape index (κ1) is 36.7. The zero-order chi connectivity index (χ0) is 10.4. The first-order chi connectivity index (χ1) is 5.39. The van der Waals surface area contributed by atoms with Gasteiger partial charge < -0.3 is 0 Å². The zero-order valence-corrected chi connectivity index (χ0v) is 27.1. The van der Waals surface area contributed by atoms with Gasteiger partial charge in [0.25, 0.3) is 0 Å². The van der Waals surface area contributed by atoms with E-state index in [0.29, 0.717) is 0 Å². The fourth-order valence-corrected chi connectivity index (χ4v) is 1.79. The van der Waals surface area contributed by atoms with Gasteiger partial charge in [-0.1, -0.05) is 0 Å². The number of carbonyl (C=O) groups excluding carboxylic acids is 1. The molecule has 0 saturated carbocycles. The summed E-state index contributed by atoms with van der Waals surface area (Å²) in [6, 6.07) is 0. The minimum atomic E-state index is -0.117. The summed E-state index contributed by atoms with van der Waals surface area (Å²) in [5, 5.41) is 0. The van der Waals surface area contributed by atoms with Gasteiger partial charge in [-0.25, -0.2) is 0 Å². The molecule has 0 atom stereocenters. The smallest absolute Gasteiger partial charge is 0 e. The van der Waals surface area contributed by atoms with Crippen LogP contribution in [-0.4, -0.2) is 25.8 Å². The average Bonchev–Trinajstić information content (AvgIpc) is 1.89. The largest absolute Gasteiger partial charge is 0 e. The Labute approximate surface area is 189 Å². The molecule has 0 rings (SSSR count). The molecule has 0 fully saturated rings. The molecule has 0 bridgehead atoms. The van der Waals surface area contributed by atoms with Gasteiger partial charge in [0.2, 0.25) is 0 Å². The quantitative estimate of drug-likeness (QED) is 0.295. The molecule has 1 radical (unpaired) electrons. The van der Waals surface area contributed by atoms with Crippen LogP contribution in [-0.2, 0) is 139 Å². The Morgan fingerprint density at radius 3 is 1.44 bits per heavy atom. The van der Waals surface area contributed by atoms with E-state index in [1.54, 1.807) is 4.90 Å². The Bertz CT molecular complexity index is 174. The van der Waals surface area contributed by atoms with Gasteiger partial charge in [-0.3, -0.25) is 0 Å². The molecule has 0 saturated heterocycles. The topological polar surface area (TPSA) is 20.3 Å². The van der Waals surface area contributed by atoms with Crippen LogP contribution in [0.3, 0.4) is 0 Å². The fraction of sp³-hybridized carbons (Fsp3) is 0.625. The third kappa shape index (κ3) is 20.1. The molecule has 1 amide bonds. The molecule has 0 aromatic rings. The van der Waals surface area contributed by atoms with E-state index in [-0.39, 0.29) is 101 Å². The Morgan fingerprint density at radius 2 is 1.44 bits per heavy atom. The van der Waals surface area contributed by atoms with Crippen molar-refractivity contribution in [3.05, 3.63) is 0 Å². The molecule has 91 valence electrons. The molecule has 0 aromatic carbocycles. The van der Waals surface area contributed by atoms with Gasteiger partial charge in [0.1, 0.15) is 0 Å². The second kappa shape index (κ2) is 21.1. The first-order valence-corrected chi connectivity index (χ1v) is 6.48. The van der Waals surface area contributed by atoms with Crippen LogP contribution >= 0.6 is 0 Å². The van der Waals surface area contributed by atoms with Crippen molar-refractivity contribution in [2.45, 2.75) is 33.2 Å². The maximum atomic E-state index is 10.4. The van der Waals surface area contributed by atoms with Crippen molar-refractivity contribution in [3.8, 4) is 0 Å². The van der Waals surface area contributed by atoms with Crippen LogP contribution in [0.5, 0.6) is 0 Å². The van der Waals surface area contributed by atoms with Crippen LogP contribution in [0, 0.1) is 0 Å². The maximum absolute atomic E-state index is 10.4. The standard InChI is InChI=1S/C7H12NO.CH.5W.Y/c1-5-8(6-9)7(2,3)4;;;;;;;/h1-4H3;1H;;;;;;/q2*-1;;;;;;. The van der Waals surface area contributed by atoms with Crippen LogP contribution in [0.2, 0.25) is 0 Å². The van der Waals surface area contributed by atoms with Crippen molar-refractivity contribution in [3.63, 3.8) is 0 Å². The van der Waals surface area contributed by atoms with E-state index in [1.807, 2.05) is 34.1 Å². The molecule has 0 spiro atoms. The second-order valence-corrected chi connectivity index (χ2v) is 5.24. The van der Waals surface area contributed by atoms with Crippen LogP contribution in [0.15, 0.2) is 0 Å². The summed E-state index contributed by atoms with van der Waals surface area (Å²) in [7, 11) is 0. The van der Waals surface area contributed by atoms with Gasteiger partial charge in [-0.2, -0.15) is 0 Å². The minimum absolute atomic E-state index is 0. The van der Waals surface area contributed by atoms with Crippen LogP contribution in [0.25, 0.3) is 0 Å². The first-order valence-electron chi connectivity index (χ1n) is 3.31. The van der Waals surface area contributed by atoms with Gasteiger partial charge in [0.05, 0.1) is 0 Å². The molecule has 0 aliphatic carbocycles. The molecule has 0 aromatic heterocycles. The number of nitrogens with zero attached hydrogens (tertiary/aromatic N) is 1. The summed E-state index contributed by atoms with van der Waals surface area (Å²) in [4.78, 5) is 16.6. The van der Waals surface area contributed by atoms with E-state index in [9.17, 15) is 4.79 Å². The number of rotatable bonds is 2. The minimum Gasteiger partial charge on any atom is 0 e. The van der Waals surface area contributed by atoms with Crippen LogP contribution in [0.4, 0.5) is 0 Å². The Morgan fingerprint density at radius 1 is 1.19 bits per heavy atom. The van der Waals surface area contributed by atoms with Gasteiger partial charge >= 0.3 is 97.0 Å². The summed E-state index contributed by atoms with van der Waals surface area (Å²) in [6.07, 6.45) is 1.91. The summed E-state index contributed by atoms with van der Waals surface area (Å²) < 4.78 is 1.06. The fourth-order valence-electron chi connectivity index (χ4n) is 0.674.